The van der Waals surface area contributed by atoms with Gasteiger partial charge in [0.15, 0.2) is 5.69 Å². The van der Waals surface area contributed by atoms with E-state index in [9.17, 15) is 13.2 Å². The van der Waals surface area contributed by atoms with E-state index in [0.29, 0.717) is 6.42 Å². The van der Waals surface area contributed by atoms with Gasteiger partial charge in [0, 0.05) is 6.20 Å². The van der Waals surface area contributed by atoms with Crippen LogP contribution in [0.4, 0.5) is 13.2 Å². The molecular formula is C10H12F3NO. The molecule has 0 radical (unpaired) electrons. The summed E-state index contributed by atoms with van der Waals surface area (Å²) in [6.45, 7) is 1.95. The van der Waals surface area contributed by atoms with E-state index in [1.807, 2.05) is 6.92 Å². The minimum absolute atomic E-state index is 0.214. The molecule has 15 heavy (non-hydrogen) atoms. The van der Waals surface area contributed by atoms with Crippen LogP contribution in [0.5, 0.6) is 5.75 Å². The van der Waals surface area contributed by atoms with Gasteiger partial charge in [-0.15, -0.1) is 0 Å². The van der Waals surface area contributed by atoms with Gasteiger partial charge in [-0.2, -0.15) is 13.2 Å². The van der Waals surface area contributed by atoms with Crippen LogP contribution >= 0.6 is 0 Å². The highest BCUT2D eigenvalue weighted by atomic mass is 19.4. The van der Waals surface area contributed by atoms with E-state index in [1.165, 1.54) is 19.4 Å². The average Bonchev–Trinajstić information content (AvgIpc) is 2.16. The molecule has 0 bridgehead atoms. The highest BCUT2D eigenvalue weighted by Gasteiger charge is 2.36. The van der Waals surface area contributed by atoms with Gasteiger partial charge in [-0.25, -0.2) is 4.98 Å². The zero-order chi connectivity index (χ0) is 11.5. The first-order chi connectivity index (χ1) is 6.99. The first-order valence-electron chi connectivity index (χ1n) is 4.59. The first kappa shape index (κ1) is 11.8. The summed E-state index contributed by atoms with van der Waals surface area (Å²) in [4.78, 5) is 3.39. The zero-order valence-corrected chi connectivity index (χ0v) is 8.56. The first-order valence-corrected chi connectivity index (χ1v) is 4.59. The van der Waals surface area contributed by atoms with Crippen LogP contribution < -0.4 is 4.74 Å². The monoisotopic (exact) mass is 219 g/mol. The van der Waals surface area contributed by atoms with E-state index in [1.54, 1.807) is 0 Å². The minimum atomic E-state index is -4.46. The molecule has 0 amide bonds. The minimum Gasteiger partial charge on any atom is -0.494 e. The van der Waals surface area contributed by atoms with Crippen LogP contribution in [-0.2, 0) is 12.6 Å². The summed E-state index contributed by atoms with van der Waals surface area (Å²) in [6, 6.07) is 1.39. The molecule has 0 fully saturated rings. The summed E-state index contributed by atoms with van der Waals surface area (Å²) < 4.78 is 41.9. The molecule has 0 unspecified atom stereocenters. The van der Waals surface area contributed by atoms with E-state index in [0.717, 1.165) is 12.0 Å². The molecule has 0 aliphatic rings. The number of halogens is 3. The van der Waals surface area contributed by atoms with Gasteiger partial charge in [-0.1, -0.05) is 13.3 Å². The van der Waals surface area contributed by atoms with Gasteiger partial charge in [0.1, 0.15) is 5.75 Å². The number of hydrogen-bond acceptors (Lipinski definition) is 2. The fourth-order valence-electron chi connectivity index (χ4n) is 1.28. The summed E-state index contributed by atoms with van der Waals surface area (Å²) in [7, 11) is 1.21. The maximum Gasteiger partial charge on any atom is 0.437 e. The number of methoxy groups -OCH3 is 1. The van der Waals surface area contributed by atoms with Crippen molar-refractivity contribution < 1.29 is 17.9 Å². The van der Waals surface area contributed by atoms with E-state index in [2.05, 4.69) is 9.72 Å². The summed E-state index contributed by atoms with van der Waals surface area (Å²) in [6.07, 6.45) is -1.66. The Morgan fingerprint density at radius 2 is 2.07 bits per heavy atom. The van der Waals surface area contributed by atoms with Crippen molar-refractivity contribution in [1.82, 2.24) is 4.98 Å². The Morgan fingerprint density at radius 1 is 1.40 bits per heavy atom. The van der Waals surface area contributed by atoms with Crippen molar-refractivity contribution in [2.75, 3.05) is 7.11 Å². The Hall–Kier alpha value is -1.26. The average molecular weight is 219 g/mol. The molecule has 5 heteroatoms. The van der Waals surface area contributed by atoms with Gasteiger partial charge >= 0.3 is 6.18 Å². The highest BCUT2D eigenvalue weighted by molar-refractivity contribution is 5.33. The number of nitrogens with zero attached hydrogens (tertiary/aromatic N) is 1. The quantitative estimate of drug-likeness (QED) is 0.779. The van der Waals surface area contributed by atoms with Gasteiger partial charge in [-0.05, 0) is 18.1 Å². The lowest BCUT2D eigenvalue weighted by Crippen LogP contribution is -2.10. The predicted molar refractivity (Wildman–Crippen MR) is 49.8 cm³/mol. The van der Waals surface area contributed by atoms with E-state index < -0.39 is 11.9 Å². The molecule has 0 N–H and O–H groups in total. The second-order valence-electron chi connectivity index (χ2n) is 3.14. The Balaban J connectivity index is 3.09. The second kappa shape index (κ2) is 4.51. The fraction of sp³-hybridized carbons (Fsp3) is 0.500. The van der Waals surface area contributed by atoms with Gasteiger partial charge in [0.25, 0.3) is 0 Å². The summed E-state index contributed by atoms with van der Waals surface area (Å²) >= 11 is 0. The maximum absolute atomic E-state index is 12.4. The van der Waals surface area contributed by atoms with E-state index in [4.69, 9.17) is 0 Å². The molecule has 0 spiro atoms. The molecule has 0 aliphatic heterocycles. The van der Waals surface area contributed by atoms with Crippen molar-refractivity contribution in [2.24, 2.45) is 0 Å². The Morgan fingerprint density at radius 3 is 2.53 bits per heavy atom. The van der Waals surface area contributed by atoms with E-state index in [-0.39, 0.29) is 5.75 Å². The number of aromatic nitrogens is 1. The molecule has 1 rings (SSSR count). The third-order valence-electron chi connectivity index (χ3n) is 1.94. The number of aryl methyl sites for hydroxylation is 1. The van der Waals surface area contributed by atoms with Crippen molar-refractivity contribution in [2.45, 2.75) is 25.9 Å². The van der Waals surface area contributed by atoms with Crippen molar-refractivity contribution in [3.63, 3.8) is 0 Å². The lowest BCUT2D eigenvalue weighted by Gasteiger charge is -2.11. The van der Waals surface area contributed by atoms with Gasteiger partial charge in [0.05, 0.1) is 7.11 Å². The fourth-order valence-corrected chi connectivity index (χ4v) is 1.28. The zero-order valence-electron chi connectivity index (χ0n) is 8.56. The van der Waals surface area contributed by atoms with E-state index >= 15 is 0 Å². The molecule has 0 saturated carbocycles. The molecule has 0 saturated heterocycles. The van der Waals surface area contributed by atoms with Crippen molar-refractivity contribution >= 4 is 0 Å². The Kier molecular flexibility index (Phi) is 3.55. The number of alkyl halides is 3. The third-order valence-corrected chi connectivity index (χ3v) is 1.94. The molecule has 84 valence electrons. The number of pyridine rings is 1. The second-order valence-corrected chi connectivity index (χ2v) is 3.14. The highest BCUT2D eigenvalue weighted by Crippen LogP contribution is 2.34. The molecule has 1 aromatic rings. The lowest BCUT2D eigenvalue weighted by atomic mass is 10.1. The SMILES string of the molecule is CCCc1cnc(C(F)(F)F)c(OC)c1. The van der Waals surface area contributed by atoms with Gasteiger partial charge in [0.2, 0.25) is 0 Å². The predicted octanol–water partition coefficient (Wildman–Crippen LogP) is 3.06. The number of rotatable bonds is 3. The molecule has 1 aromatic heterocycles. The largest absolute Gasteiger partial charge is 0.494 e. The Bertz CT molecular complexity index is 336. The van der Waals surface area contributed by atoms with Crippen LogP contribution in [0.15, 0.2) is 12.3 Å². The summed E-state index contributed by atoms with van der Waals surface area (Å²) in [5.41, 5.74) is -0.216. The molecule has 2 nitrogen and oxygen atoms in total. The van der Waals surface area contributed by atoms with Crippen LogP contribution in [0.1, 0.15) is 24.6 Å². The van der Waals surface area contributed by atoms with Crippen LogP contribution in [-0.4, -0.2) is 12.1 Å². The topological polar surface area (TPSA) is 22.1 Å². The number of hydrogen-bond donors (Lipinski definition) is 0. The van der Waals surface area contributed by atoms with Crippen LogP contribution in [0.2, 0.25) is 0 Å². The third kappa shape index (κ3) is 2.84. The lowest BCUT2D eigenvalue weighted by molar-refractivity contribution is -0.142. The maximum atomic E-state index is 12.4. The van der Waals surface area contributed by atoms with Crippen molar-refractivity contribution in [3.05, 3.63) is 23.5 Å². The standard InChI is InChI=1S/C10H12F3NO/c1-3-4-7-5-8(15-2)9(14-6-7)10(11,12)13/h5-6H,3-4H2,1-2H3. The molecule has 0 aliphatic carbocycles. The van der Waals surface area contributed by atoms with Gasteiger partial charge < -0.3 is 4.74 Å². The van der Waals surface area contributed by atoms with Gasteiger partial charge in [-0.3, -0.25) is 0 Å². The van der Waals surface area contributed by atoms with Crippen molar-refractivity contribution in [1.29, 1.82) is 0 Å². The van der Waals surface area contributed by atoms with Crippen LogP contribution in [0.25, 0.3) is 0 Å². The molecule has 0 aromatic carbocycles. The van der Waals surface area contributed by atoms with Crippen LogP contribution in [0.3, 0.4) is 0 Å². The normalized spacial score (nSPS) is 11.5. The molecule has 1 heterocycles. The van der Waals surface area contributed by atoms with Crippen molar-refractivity contribution in [3.8, 4) is 5.75 Å². The Labute approximate surface area is 86.1 Å². The number of ether oxygens (including phenoxy) is 1. The smallest absolute Gasteiger partial charge is 0.437 e. The molecule has 0 atom stereocenters. The molecular weight excluding hydrogens is 207 g/mol. The summed E-state index contributed by atoms with van der Waals surface area (Å²) in [5, 5.41) is 0. The summed E-state index contributed by atoms with van der Waals surface area (Å²) in [5.74, 6) is -0.214. The van der Waals surface area contributed by atoms with Crippen LogP contribution in [0, 0.1) is 0 Å².